The summed E-state index contributed by atoms with van der Waals surface area (Å²) in [7, 11) is 3.91. The molecule has 0 aromatic carbocycles. The van der Waals surface area contributed by atoms with Gasteiger partial charge in [0.2, 0.25) is 0 Å². The third-order valence-electron chi connectivity index (χ3n) is 5.82. The monoisotopic (exact) mass is 436 g/mol. The van der Waals surface area contributed by atoms with Crippen molar-refractivity contribution < 1.29 is 19.1 Å². The summed E-state index contributed by atoms with van der Waals surface area (Å²) >= 11 is 0. The van der Waals surface area contributed by atoms with Gasteiger partial charge in [0.15, 0.2) is 5.76 Å². The summed E-state index contributed by atoms with van der Waals surface area (Å²) in [4.78, 5) is 34.3. The number of rotatable bonds is 6. The zero-order valence-electron chi connectivity index (χ0n) is 19.0. The molecular weight excluding hydrogens is 408 g/mol. The van der Waals surface area contributed by atoms with E-state index in [9.17, 15) is 14.7 Å². The topological polar surface area (TPSA) is 91.3 Å². The Bertz CT molecular complexity index is 1230. The lowest BCUT2D eigenvalue weighted by molar-refractivity contribution is -0.140. The van der Waals surface area contributed by atoms with Gasteiger partial charge in [0.25, 0.3) is 11.7 Å². The normalized spacial score (nSPS) is 18.4. The first-order chi connectivity index (χ1) is 15.2. The van der Waals surface area contributed by atoms with E-state index >= 15 is 0 Å². The van der Waals surface area contributed by atoms with Crippen LogP contribution in [0.1, 0.15) is 40.9 Å². The van der Waals surface area contributed by atoms with Crippen molar-refractivity contribution in [2.75, 3.05) is 27.2 Å². The van der Waals surface area contributed by atoms with Crippen LogP contribution in [0.3, 0.4) is 0 Å². The van der Waals surface area contributed by atoms with Gasteiger partial charge in [0, 0.05) is 12.7 Å². The fourth-order valence-electron chi connectivity index (χ4n) is 4.29. The molecule has 1 N–H and O–H groups in total. The minimum atomic E-state index is -0.791. The third kappa shape index (κ3) is 3.60. The molecule has 1 fully saturated rings. The first-order valence-corrected chi connectivity index (χ1v) is 10.6. The Morgan fingerprint density at radius 2 is 1.94 bits per heavy atom. The van der Waals surface area contributed by atoms with Crippen LogP contribution in [0.25, 0.3) is 11.4 Å². The van der Waals surface area contributed by atoms with Crippen LogP contribution in [0.15, 0.2) is 40.5 Å². The molecular formula is C24H28N4O4. The Labute approximate surface area is 186 Å². The van der Waals surface area contributed by atoms with E-state index in [1.165, 1.54) is 4.90 Å². The van der Waals surface area contributed by atoms with Crippen molar-refractivity contribution in [1.82, 2.24) is 19.2 Å². The van der Waals surface area contributed by atoms with Crippen molar-refractivity contribution >= 4 is 23.1 Å². The summed E-state index contributed by atoms with van der Waals surface area (Å²) in [5.74, 6) is -0.468. The lowest BCUT2D eigenvalue weighted by atomic mass is 10.0. The zero-order valence-corrected chi connectivity index (χ0v) is 19.0. The maximum absolute atomic E-state index is 13.2. The van der Waals surface area contributed by atoms with Crippen LogP contribution >= 0.6 is 0 Å². The van der Waals surface area contributed by atoms with E-state index in [2.05, 4.69) is 4.98 Å². The standard InChI is InChI=1S/C24H28N4O4/c1-14-8-6-12-27-19(16(3)25-23(14)27)21(29)18-20(17-10-9-15(2)32-17)28(24(31)22(18)30)13-7-11-26(4)5/h6,8-10,12,20,29H,7,11,13H2,1-5H3/t20-/m1/s1. The molecule has 0 saturated carbocycles. The number of hydrogen-bond acceptors (Lipinski definition) is 6. The molecule has 1 amide bonds. The first kappa shape index (κ1) is 21.8. The van der Waals surface area contributed by atoms with Crippen LogP contribution < -0.4 is 0 Å². The molecule has 168 valence electrons. The number of aliphatic hydroxyl groups is 1. The minimum absolute atomic E-state index is 0.0283. The molecule has 0 bridgehead atoms. The Morgan fingerprint density at radius 1 is 1.19 bits per heavy atom. The number of pyridine rings is 1. The van der Waals surface area contributed by atoms with E-state index in [-0.39, 0.29) is 11.3 Å². The molecule has 0 radical (unpaired) electrons. The number of aliphatic hydroxyl groups excluding tert-OH is 1. The van der Waals surface area contributed by atoms with Gasteiger partial charge in [-0.15, -0.1) is 0 Å². The Hall–Kier alpha value is -3.39. The molecule has 3 aromatic rings. The smallest absolute Gasteiger partial charge is 0.295 e. The Balaban J connectivity index is 1.88. The highest BCUT2D eigenvalue weighted by atomic mass is 16.3. The van der Waals surface area contributed by atoms with Gasteiger partial charge in [-0.2, -0.15) is 0 Å². The van der Waals surface area contributed by atoms with Crippen LogP contribution in [0.5, 0.6) is 0 Å². The van der Waals surface area contributed by atoms with Crippen LogP contribution in [-0.2, 0) is 9.59 Å². The van der Waals surface area contributed by atoms with Gasteiger partial charge >= 0.3 is 0 Å². The van der Waals surface area contributed by atoms with E-state index in [0.29, 0.717) is 41.5 Å². The van der Waals surface area contributed by atoms with Crippen molar-refractivity contribution in [2.45, 2.75) is 33.2 Å². The van der Waals surface area contributed by atoms with E-state index in [4.69, 9.17) is 4.42 Å². The number of carbonyl (C=O) groups excluding carboxylic acids is 2. The zero-order chi connectivity index (χ0) is 23.2. The summed E-state index contributed by atoms with van der Waals surface area (Å²) in [6, 6.07) is 6.54. The number of carbonyl (C=O) groups is 2. The number of hydrogen-bond donors (Lipinski definition) is 1. The second kappa shape index (κ2) is 8.27. The lowest BCUT2D eigenvalue weighted by Gasteiger charge is -2.24. The highest BCUT2D eigenvalue weighted by Crippen LogP contribution is 2.40. The van der Waals surface area contributed by atoms with Crippen molar-refractivity contribution in [3.63, 3.8) is 0 Å². The number of nitrogens with zero attached hydrogens (tertiary/aromatic N) is 4. The van der Waals surface area contributed by atoms with Crippen molar-refractivity contribution in [1.29, 1.82) is 0 Å². The van der Waals surface area contributed by atoms with E-state index < -0.39 is 17.7 Å². The summed E-state index contributed by atoms with van der Waals surface area (Å²) in [6.07, 6.45) is 2.47. The number of furan rings is 1. The molecule has 4 rings (SSSR count). The van der Waals surface area contributed by atoms with Crippen molar-refractivity contribution in [3.05, 3.63) is 64.5 Å². The number of aromatic nitrogens is 2. The van der Waals surface area contributed by atoms with Gasteiger partial charge < -0.3 is 19.3 Å². The number of ketones is 1. The highest BCUT2D eigenvalue weighted by molar-refractivity contribution is 6.46. The number of amides is 1. The van der Waals surface area contributed by atoms with Gasteiger partial charge in [-0.1, -0.05) is 6.07 Å². The van der Waals surface area contributed by atoms with Gasteiger partial charge in [0.05, 0.1) is 11.3 Å². The molecule has 0 spiro atoms. The number of likely N-dealkylation sites (tertiary alicyclic amines) is 1. The number of imidazole rings is 1. The molecule has 1 aliphatic rings. The average molecular weight is 437 g/mol. The van der Waals surface area contributed by atoms with E-state index in [0.717, 1.165) is 12.1 Å². The second-order valence-corrected chi connectivity index (χ2v) is 8.53. The predicted octanol–water partition coefficient (Wildman–Crippen LogP) is 3.23. The second-order valence-electron chi connectivity index (χ2n) is 8.53. The molecule has 1 saturated heterocycles. The maximum atomic E-state index is 13.2. The fourth-order valence-corrected chi connectivity index (χ4v) is 4.29. The average Bonchev–Trinajstić information content (AvgIpc) is 3.37. The number of Topliss-reactive ketones (excluding diaryl/α,β-unsaturated/α-hetero) is 1. The van der Waals surface area contributed by atoms with Gasteiger partial charge in [0.1, 0.15) is 28.9 Å². The quantitative estimate of drug-likeness (QED) is 0.362. The lowest BCUT2D eigenvalue weighted by Crippen LogP contribution is -2.32. The Kier molecular flexibility index (Phi) is 5.64. The van der Waals surface area contributed by atoms with Crippen LogP contribution in [0.4, 0.5) is 0 Å². The summed E-state index contributed by atoms with van der Waals surface area (Å²) in [5, 5.41) is 11.4. The van der Waals surface area contributed by atoms with Crippen LogP contribution in [-0.4, -0.2) is 63.2 Å². The predicted molar refractivity (Wildman–Crippen MR) is 120 cm³/mol. The third-order valence-corrected chi connectivity index (χ3v) is 5.82. The van der Waals surface area contributed by atoms with Crippen LogP contribution in [0.2, 0.25) is 0 Å². The molecule has 0 unspecified atom stereocenters. The number of fused-ring (bicyclic) bond motifs is 1. The van der Waals surface area contributed by atoms with Crippen molar-refractivity contribution in [2.24, 2.45) is 0 Å². The van der Waals surface area contributed by atoms with Gasteiger partial charge in [-0.3, -0.25) is 14.0 Å². The number of aryl methyl sites for hydroxylation is 3. The molecule has 32 heavy (non-hydrogen) atoms. The van der Waals surface area contributed by atoms with Crippen LogP contribution in [0, 0.1) is 20.8 Å². The molecule has 8 nitrogen and oxygen atoms in total. The van der Waals surface area contributed by atoms with Crippen molar-refractivity contribution in [3.8, 4) is 0 Å². The first-order valence-electron chi connectivity index (χ1n) is 10.6. The summed E-state index contributed by atoms with van der Waals surface area (Å²) in [6.45, 7) is 6.65. The fraction of sp³-hybridized carbons (Fsp3) is 0.375. The Morgan fingerprint density at radius 3 is 2.59 bits per heavy atom. The molecule has 3 aromatic heterocycles. The minimum Gasteiger partial charge on any atom is -0.505 e. The molecule has 1 atom stereocenters. The SMILES string of the molecule is Cc1ccc([C@@H]2C(=C(O)c3c(C)nc4c(C)cccn34)C(=O)C(=O)N2CCCN(C)C)o1. The molecule has 4 heterocycles. The van der Waals surface area contributed by atoms with Gasteiger partial charge in [-0.05, 0) is 71.6 Å². The van der Waals surface area contributed by atoms with Gasteiger partial charge in [-0.25, -0.2) is 4.98 Å². The molecule has 0 aliphatic carbocycles. The maximum Gasteiger partial charge on any atom is 0.295 e. The largest absolute Gasteiger partial charge is 0.505 e. The van der Waals surface area contributed by atoms with E-state index in [1.807, 2.05) is 38.1 Å². The molecule has 8 heteroatoms. The summed E-state index contributed by atoms with van der Waals surface area (Å²) < 4.78 is 7.59. The molecule has 1 aliphatic heterocycles. The highest BCUT2D eigenvalue weighted by Gasteiger charge is 2.47. The summed E-state index contributed by atoms with van der Waals surface area (Å²) in [5.41, 5.74) is 2.64. The van der Waals surface area contributed by atoms with E-state index in [1.54, 1.807) is 36.6 Å².